The second kappa shape index (κ2) is 6.68. The Labute approximate surface area is 135 Å². The minimum Gasteiger partial charge on any atom is -0.486 e. The molecule has 2 aliphatic rings. The SMILES string of the molecule is C[C@H]1C[C@@H](NC(=S)Nc2cccc3c2OCCO3)[C@@H](N)CO1. The number of fused-ring (bicyclic) bond motifs is 1. The molecule has 1 saturated heterocycles. The van der Waals surface area contributed by atoms with Crippen LogP contribution >= 0.6 is 12.2 Å². The molecule has 6 nitrogen and oxygen atoms in total. The van der Waals surface area contributed by atoms with Crippen molar-refractivity contribution < 1.29 is 14.2 Å². The Morgan fingerprint density at radius 1 is 1.32 bits per heavy atom. The van der Waals surface area contributed by atoms with Crippen LogP contribution in [0.25, 0.3) is 0 Å². The van der Waals surface area contributed by atoms with Crippen LogP contribution in [0.4, 0.5) is 5.69 Å². The summed E-state index contributed by atoms with van der Waals surface area (Å²) >= 11 is 5.40. The van der Waals surface area contributed by atoms with Crippen LogP contribution in [0.1, 0.15) is 13.3 Å². The first-order chi connectivity index (χ1) is 10.6. The third-order valence-electron chi connectivity index (χ3n) is 3.81. The van der Waals surface area contributed by atoms with Gasteiger partial charge in [0.25, 0.3) is 0 Å². The summed E-state index contributed by atoms with van der Waals surface area (Å²) in [5.41, 5.74) is 6.87. The Morgan fingerprint density at radius 2 is 2.14 bits per heavy atom. The van der Waals surface area contributed by atoms with Crippen LogP contribution in [0.5, 0.6) is 11.5 Å². The van der Waals surface area contributed by atoms with E-state index in [2.05, 4.69) is 10.6 Å². The lowest BCUT2D eigenvalue weighted by Crippen LogP contribution is -2.55. The predicted octanol–water partition coefficient (Wildman–Crippen LogP) is 1.25. The van der Waals surface area contributed by atoms with Crippen molar-refractivity contribution in [3.05, 3.63) is 18.2 Å². The largest absolute Gasteiger partial charge is 0.486 e. The molecule has 0 radical (unpaired) electrons. The van der Waals surface area contributed by atoms with E-state index < -0.39 is 0 Å². The van der Waals surface area contributed by atoms with E-state index in [0.29, 0.717) is 30.7 Å². The topological polar surface area (TPSA) is 77.8 Å². The zero-order valence-corrected chi connectivity index (χ0v) is 13.3. The number of hydrogen-bond donors (Lipinski definition) is 3. The summed E-state index contributed by atoms with van der Waals surface area (Å²) in [6, 6.07) is 5.72. The Kier molecular flexibility index (Phi) is 4.66. The molecule has 3 rings (SSSR count). The maximum absolute atomic E-state index is 6.07. The van der Waals surface area contributed by atoms with Crippen LogP contribution in [-0.2, 0) is 4.74 Å². The molecule has 7 heteroatoms. The van der Waals surface area contributed by atoms with E-state index in [9.17, 15) is 0 Å². The molecule has 0 saturated carbocycles. The van der Waals surface area contributed by atoms with Gasteiger partial charge in [-0.15, -0.1) is 0 Å². The average molecular weight is 323 g/mol. The van der Waals surface area contributed by atoms with E-state index in [1.165, 1.54) is 0 Å². The highest BCUT2D eigenvalue weighted by Gasteiger charge is 2.27. The maximum Gasteiger partial charge on any atom is 0.184 e. The van der Waals surface area contributed by atoms with Crippen LogP contribution < -0.4 is 25.8 Å². The molecule has 1 aromatic rings. The standard InChI is InChI=1S/C15H21N3O3S/c1-9-7-12(10(16)8-21-9)18-15(22)17-11-3-2-4-13-14(11)20-6-5-19-13/h2-4,9-10,12H,5-8,16H2,1H3,(H2,17,18,22)/t9-,10-,12+/m0/s1. The average Bonchev–Trinajstić information content (AvgIpc) is 2.51. The van der Waals surface area contributed by atoms with Gasteiger partial charge in [-0.3, -0.25) is 0 Å². The van der Waals surface area contributed by atoms with Gasteiger partial charge in [-0.25, -0.2) is 0 Å². The molecule has 120 valence electrons. The van der Waals surface area contributed by atoms with E-state index >= 15 is 0 Å². The number of nitrogens with two attached hydrogens (primary N) is 1. The van der Waals surface area contributed by atoms with Crippen molar-refractivity contribution in [3.63, 3.8) is 0 Å². The number of ether oxygens (including phenoxy) is 3. The summed E-state index contributed by atoms with van der Waals surface area (Å²) < 4.78 is 16.8. The van der Waals surface area contributed by atoms with E-state index in [1.54, 1.807) is 0 Å². The molecule has 2 heterocycles. The van der Waals surface area contributed by atoms with Crippen molar-refractivity contribution in [2.24, 2.45) is 5.73 Å². The third-order valence-corrected chi connectivity index (χ3v) is 4.03. The molecule has 2 aliphatic heterocycles. The van der Waals surface area contributed by atoms with Crippen LogP contribution in [0.2, 0.25) is 0 Å². The van der Waals surface area contributed by atoms with Gasteiger partial charge in [0.1, 0.15) is 13.2 Å². The van der Waals surface area contributed by atoms with Crippen molar-refractivity contribution in [3.8, 4) is 11.5 Å². The van der Waals surface area contributed by atoms with Gasteiger partial charge in [0, 0.05) is 12.1 Å². The lowest BCUT2D eigenvalue weighted by molar-refractivity contribution is 0.00455. The van der Waals surface area contributed by atoms with E-state index in [4.69, 9.17) is 32.2 Å². The number of thiocarbonyl (C=S) groups is 1. The summed E-state index contributed by atoms with van der Waals surface area (Å²) in [6.07, 6.45) is 1.01. The molecule has 0 aliphatic carbocycles. The monoisotopic (exact) mass is 323 g/mol. The third kappa shape index (κ3) is 3.43. The Hall–Kier alpha value is -1.57. The molecule has 3 atom stereocenters. The molecular weight excluding hydrogens is 302 g/mol. The zero-order valence-electron chi connectivity index (χ0n) is 12.5. The first-order valence-electron chi connectivity index (χ1n) is 7.47. The van der Waals surface area contributed by atoms with Gasteiger partial charge in [0.2, 0.25) is 0 Å². The summed E-state index contributed by atoms with van der Waals surface area (Å²) in [6.45, 7) is 3.68. The van der Waals surface area contributed by atoms with Crippen molar-refractivity contribution in [1.82, 2.24) is 5.32 Å². The van der Waals surface area contributed by atoms with Crippen molar-refractivity contribution >= 4 is 23.0 Å². The Balaban J connectivity index is 1.64. The molecule has 0 unspecified atom stereocenters. The quantitative estimate of drug-likeness (QED) is 0.707. The Morgan fingerprint density at radius 3 is 3.00 bits per heavy atom. The van der Waals surface area contributed by atoms with E-state index in [1.807, 2.05) is 25.1 Å². The number of nitrogens with one attached hydrogen (secondary N) is 2. The van der Waals surface area contributed by atoms with Crippen LogP contribution in [-0.4, -0.2) is 43.1 Å². The molecule has 0 amide bonds. The fourth-order valence-electron chi connectivity index (χ4n) is 2.66. The molecule has 22 heavy (non-hydrogen) atoms. The highest BCUT2D eigenvalue weighted by molar-refractivity contribution is 7.80. The summed E-state index contributed by atoms with van der Waals surface area (Å²) in [4.78, 5) is 0. The van der Waals surface area contributed by atoms with Crippen molar-refractivity contribution in [2.75, 3.05) is 25.1 Å². The molecule has 4 N–H and O–H groups in total. The van der Waals surface area contributed by atoms with Gasteiger partial charge in [0.15, 0.2) is 16.6 Å². The van der Waals surface area contributed by atoms with Gasteiger partial charge in [-0.05, 0) is 37.7 Å². The van der Waals surface area contributed by atoms with Gasteiger partial charge >= 0.3 is 0 Å². The summed E-state index contributed by atoms with van der Waals surface area (Å²) in [5, 5.41) is 6.97. The van der Waals surface area contributed by atoms with Crippen molar-refractivity contribution in [2.45, 2.75) is 31.5 Å². The van der Waals surface area contributed by atoms with Gasteiger partial charge < -0.3 is 30.6 Å². The summed E-state index contributed by atoms with van der Waals surface area (Å²) in [5.74, 6) is 1.43. The summed E-state index contributed by atoms with van der Waals surface area (Å²) in [7, 11) is 0. The van der Waals surface area contributed by atoms with Gasteiger partial charge in [-0.1, -0.05) is 6.07 Å². The predicted molar refractivity (Wildman–Crippen MR) is 88.6 cm³/mol. The van der Waals surface area contributed by atoms with Gasteiger partial charge in [-0.2, -0.15) is 0 Å². The number of anilines is 1. The van der Waals surface area contributed by atoms with E-state index in [0.717, 1.165) is 17.9 Å². The van der Waals surface area contributed by atoms with Crippen molar-refractivity contribution in [1.29, 1.82) is 0 Å². The molecular formula is C15H21N3O3S. The minimum atomic E-state index is -0.0692. The number of benzene rings is 1. The smallest absolute Gasteiger partial charge is 0.184 e. The first-order valence-corrected chi connectivity index (χ1v) is 7.87. The van der Waals surface area contributed by atoms with Gasteiger partial charge in [0.05, 0.1) is 18.4 Å². The van der Waals surface area contributed by atoms with Crippen LogP contribution in [0.15, 0.2) is 18.2 Å². The normalized spacial score (nSPS) is 27.1. The fourth-order valence-corrected chi connectivity index (χ4v) is 2.92. The first kappa shape index (κ1) is 15.3. The van der Waals surface area contributed by atoms with Crippen LogP contribution in [0, 0.1) is 0 Å². The minimum absolute atomic E-state index is 0.0692. The lowest BCUT2D eigenvalue weighted by atomic mass is 10.0. The Bertz CT molecular complexity index is 555. The number of para-hydroxylation sites is 1. The second-order valence-electron chi connectivity index (χ2n) is 5.58. The van der Waals surface area contributed by atoms with Crippen LogP contribution in [0.3, 0.4) is 0 Å². The molecule has 1 aromatic carbocycles. The van der Waals surface area contributed by atoms with E-state index in [-0.39, 0.29) is 18.2 Å². The highest BCUT2D eigenvalue weighted by atomic mass is 32.1. The molecule has 1 fully saturated rings. The lowest BCUT2D eigenvalue weighted by Gasteiger charge is -2.34. The fraction of sp³-hybridized carbons (Fsp3) is 0.533. The maximum atomic E-state index is 6.07. The molecule has 0 aromatic heterocycles. The molecule has 0 bridgehead atoms. The second-order valence-corrected chi connectivity index (χ2v) is 5.99. The number of hydrogen-bond acceptors (Lipinski definition) is 5. The number of rotatable bonds is 2. The highest BCUT2D eigenvalue weighted by Crippen LogP contribution is 2.37. The zero-order chi connectivity index (χ0) is 15.5. The molecule has 0 spiro atoms.